The summed E-state index contributed by atoms with van der Waals surface area (Å²) in [6.07, 6.45) is 2.30. The Hall–Kier alpha value is -2.98. The van der Waals surface area contributed by atoms with E-state index in [9.17, 15) is 26.4 Å². The van der Waals surface area contributed by atoms with Crippen molar-refractivity contribution in [2.24, 2.45) is 7.05 Å². The molecule has 158 valence electrons. The van der Waals surface area contributed by atoms with E-state index in [2.05, 4.69) is 10.0 Å². The first kappa shape index (κ1) is 21.7. The minimum atomic E-state index is -3.56. The summed E-state index contributed by atoms with van der Waals surface area (Å²) >= 11 is 5.96. The molecule has 1 amide bonds. The van der Waals surface area contributed by atoms with Gasteiger partial charge in [0.2, 0.25) is 10.0 Å². The van der Waals surface area contributed by atoms with Gasteiger partial charge in [-0.2, -0.15) is 0 Å². The second-order valence-corrected chi connectivity index (χ2v) is 8.71. The lowest BCUT2D eigenvalue weighted by molar-refractivity contribution is 0.102. The van der Waals surface area contributed by atoms with E-state index in [0.717, 1.165) is 6.26 Å². The van der Waals surface area contributed by atoms with Crippen LogP contribution in [0.3, 0.4) is 0 Å². The number of carbonyl (C=O) groups is 1. The number of amides is 1. The van der Waals surface area contributed by atoms with Gasteiger partial charge in [-0.15, -0.1) is 0 Å². The summed E-state index contributed by atoms with van der Waals surface area (Å²) in [6.45, 7) is 0. The van der Waals surface area contributed by atoms with Crippen LogP contribution < -0.4 is 10.0 Å². The molecule has 3 aromatic rings. The van der Waals surface area contributed by atoms with Crippen molar-refractivity contribution >= 4 is 38.9 Å². The maximum atomic E-state index is 14.1. The molecule has 0 aliphatic carbocycles. The second kappa shape index (κ2) is 8.04. The lowest BCUT2D eigenvalue weighted by Gasteiger charge is -2.09. The largest absolute Gasteiger partial charge is 0.350 e. The van der Waals surface area contributed by atoms with Crippen molar-refractivity contribution in [1.82, 2.24) is 4.57 Å². The number of halogens is 4. The zero-order valence-electron chi connectivity index (χ0n) is 15.6. The van der Waals surface area contributed by atoms with Crippen LogP contribution in [0.5, 0.6) is 0 Å². The molecular weight excluding hydrogens is 443 g/mol. The van der Waals surface area contributed by atoms with Gasteiger partial charge in [0.05, 0.1) is 28.8 Å². The van der Waals surface area contributed by atoms with Gasteiger partial charge in [0, 0.05) is 36.1 Å². The molecule has 0 aliphatic heterocycles. The van der Waals surface area contributed by atoms with Crippen LogP contribution in [-0.4, -0.2) is 25.1 Å². The molecular formula is C19H15ClF3N3O3S. The maximum Gasteiger partial charge on any atom is 0.257 e. The third kappa shape index (κ3) is 4.95. The van der Waals surface area contributed by atoms with Crippen molar-refractivity contribution in [2.45, 2.75) is 0 Å². The van der Waals surface area contributed by atoms with E-state index in [0.29, 0.717) is 12.1 Å². The highest BCUT2D eigenvalue weighted by Crippen LogP contribution is 2.29. The number of hydrogen-bond donors (Lipinski definition) is 2. The topological polar surface area (TPSA) is 80.2 Å². The average molecular weight is 458 g/mol. The van der Waals surface area contributed by atoms with Gasteiger partial charge in [-0.05, 0) is 24.3 Å². The lowest BCUT2D eigenvalue weighted by atomic mass is 10.1. The second-order valence-electron chi connectivity index (χ2n) is 6.53. The smallest absolute Gasteiger partial charge is 0.257 e. The summed E-state index contributed by atoms with van der Waals surface area (Å²) in [5.41, 5.74) is -0.0399. The molecule has 3 rings (SSSR count). The summed E-state index contributed by atoms with van der Waals surface area (Å²) in [4.78, 5) is 12.6. The molecule has 0 aliphatic rings. The number of rotatable bonds is 5. The molecule has 0 fully saturated rings. The fraction of sp³-hybridized carbons (Fsp3) is 0.105. The normalized spacial score (nSPS) is 11.4. The number of sulfonamides is 1. The van der Waals surface area contributed by atoms with E-state index in [1.807, 2.05) is 0 Å². The van der Waals surface area contributed by atoms with E-state index >= 15 is 0 Å². The number of hydrogen-bond acceptors (Lipinski definition) is 3. The summed E-state index contributed by atoms with van der Waals surface area (Å²) in [5.74, 6) is -3.90. The van der Waals surface area contributed by atoms with Crippen molar-refractivity contribution in [3.63, 3.8) is 0 Å². The molecule has 0 spiro atoms. The molecule has 2 aromatic carbocycles. The van der Waals surface area contributed by atoms with Crippen molar-refractivity contribution in [3.8, 4) is 11.3 Å². The van der Waals surface area contributed by atoms with Gasteiger partial charge in [0.25, 0.3) is 5.91 Å². The van der Waals surface area contributed by atoms with Crippen molar-refractivity contribution in [3.05, 3.63) is 70.6 Å². The lowest BCUT2D eigenvalue weighted by Crippen LogP contribution is -2.13. The van der Waals surface area contributed by atoms with Crippen LogP contribution in [-0.2, 0) is 17.1 Å². The average Bonchev–Trinajstić information content (AvgIpc) is 2.93. The highest BCUT2D eigenvalue weighted by atomic mass is 35.5. The molecule has 0 unspecified atom stereocenters. The Morgan fingerprint density at radius 1 is 1.00 bits per heavy atom. The Kier molecular flexibility index (Phi) is 5.82. The Labute approximate surface area is 175 Å². The van der Waals surface area contributed by atoms with Gasteiger partial charge < -0.3 is 9.88 Å². The van der Waals surface area contributed by atoms with Crippen LogP contribution in [0.25, 0.3) is 11.3 Å². The minimum Gasteiger partial charge on any atom is -0.350 e. The van der Waals surface area contributed by atoms with Crippen LogP contribution in [0.2, 0.25) is 5.02 Å². The first-order valence-electron chi connectivity index (χ1n) is 8.34. The van der Waals surface area contributed by atoms with Crippen LogP contribution in [0, 0.1) is 17.5 Å². The summed E-state index contributed by atoms with van der Waals surface area (Å²) in [6, 6.07) is 6.46. The highest BCUT2D eigenvalue weighted by molar-refractivity contribution is 7.92. The third-order valence-corrected chi connectivity index (χ3v) is 4.81. The molecule has 6 nitrogen and oxygen atoms in total. The van der Waals surface area contributed by atoms with Gasteiger partial charge in [-0.1, -0.05) is 11.6 Å². The molecule has 1 aromatic heterocycles. The summed E-state index contributed by atoms with van der Waals surface area (Å²) < 4.78 is 67.7. The first-order chi connectivity index (χ1) is 13.9. The van der Waals surface area contributed by atoms with Gasteiger partial charge in [0.1, 0.15) is 17.5 Å². The van der Waals surface area contributed by atoms with Crippen LogP contribution in [0.1, 0.15) is 10.4 Å². The molecule has 0 saturated carbocycles. The third-order valence-electron chi connectivity index (χ3n) is 3.99. The Morgan fingerprint density at radius 2 is 1.60 bits per heavy atom. The zero-order chi connectivity index (χ0) is 22.2. The standard InChI is InChI=1S/C19H15ClF3N3O3S/c1-26-9-10(3-17(26)18-15(22)6-12(21)7-16(18)23)19(27)24-13-4-11(20)5-14(8-13)25-30(2,28)29/h3-9,25H,1-2H3,(H,24,27). The molecule has 0 saturated heterocycles. The van der Waals surface area contributed by atoms with Gasteiger partial charge in [0.15, 0.2) is 0 Å². The van der Waals surface area contributed by atoms with Crippen molar-refractivity contribution in [1.29, 1.82) is 0 Å². The van der Waals surface area contributed by atoms with E-state index in [1.54, 1.807) is 0 Å². The van der Waals surface area contributed by atoms with Gasteiger partial charge in [-0.3, -0.25) is 9.52 Å². The molecule has 0 bridgehead atoms. The molecule has 2 N–H and O–H groups in total. The van der Waals surface area contributed by atoms with E-state index in [1.165, 1.54) is 42.1 Å². The van der Waals surface area contributed by atoms with Crippen LogP contribution >= 0.6 is 11.6 Å². The number of carbonyl (C=O) groups excluding carboxylic acids is 1. The predicted molar refractivity (Wildman–Crippen MR) is 109 cm³/mol. The Balaban J connectivity index is 1.91. The van der Waals surface area contributed by atoms with E-state index in [-0.39, 0.29) is 27.7 Å². The Morgan fingerprint density at radius 3 is 2.20 bits per heavy atom. The van der Waals surface area contributed by atoms with Crippen molar-refractivity contribution < 1.29 is 26.4 Å². The fourth-order valence-electron chi connectivity index (χ4n) is 2.86. The predicted octanol–water partition coefficient (Wildman–Crippen LogP) is 4.39. The minimum absolute atomic E-state index is 0.0284. The number of nitrogens with one attached hydrogen (secondary N) is 2. The Bertz CT molecular complexity index is 1240. The van der Waals surface area contributed by atoms with E-state index < -0.39 is 38.9 Å². The summed E-state index contributed by atoms with van der Waals surface area (Å²) in [7, 11) is -2.08. The maximum absolute atomic E-state index is 14.1. The quantitative estimate of drug-likeness (QED) is 0.596. The fourth-order valence-corrected chi connectivity index (χ4v) is 3.64. The first-order valence-corrected chi connectivity index (χ1v) is 10.6. The number of anilines is 2. The number of nitrogens with zero attached hydrogens (tertiary/aromatic N) is 1. The molecule has 1 heterocycles. The molecule has 0 atom stereocenters. The van der Waals surface area contributed by atoms with E-state index in [4.69, 9.17) is 11.6 Å². The molecule has 11 heteroatoms. The van der Waals surface area contributed by atoms with Crippen LogP contribution in [0.4, 0.5) is 24.5 Å². The van der Waals surface area contributed by atoms with Gasteiger partial charge >= 0.3 is 0 Å². The molecule has 30 heavy (non-hydrogen) atoms. The highest BCUT2D eigenvalue weighted by Gasteiger charge is 2.19. The monoisotopic (exact) mass is 457 g/mol. The number of benzene rings is 2. The van der Waals surface area contributed by atoms with Crippen LogP contribution in [0.15, 0.2) is 42.6 Å². The number of aryl methyl sites for hydroxylation is 1. The van der Waals surface area contributed by atoms with Crippen molar-refractivity contribution in [2.75, 3.05) is 16.3 Å². The number of aromatic nitrogens is 1. The summed E-state index contributed by atoms with van der Waals surface area (Å²) in [5, 5.41) is 2.71. The molecule has 0 radical (unpaired) electrons. The van der Waals surface area contributed by atoms with Gasteiger partial charge in [-0.25, -0.2) is 21.6 Å². The SMILES string of the molecule is Cn1cc(C(=O)Nc2cc(Cl)cc(NS(C)(=O)=O)c2)cc1-c1c(F)cc(F)cc1F. The zero-order valence-corrected chi connectivity index (χ0v) is 17.2.